The molecule has 176 valence electrons. The number of fused-ring (bicyclic) bond motifs is 1. The Morgan fingerprint density at radius 1 is 1.26 bits per heavy atom. The molecular formula is C25H25ClN4O3S. The number of nitrogens with two attached hydrogens (primary N) is 1. The number of rotatable bonds is 7. The molecule has 1 amide bonds. The van der Waals surface area contributed by atoms with Gasteiger partial charge in [0, 0.05) is 42.5 Å². The molecule has 1 fully saturated rings. The molecule has 3 aromatic heterocycles. The van der Waals surface area contributed by atoms with Crippen molar-refractivity contribution in [1.29, 1.82) is 0 Å². The number of thiophene rings is 1. The first-order chi connectivity index (χ1) is 16.5. The summed E-state index contributed by atoms with van der Waals surface area (Å²) in [5.74, 6) is -0.0847. The summed E-state index contributed by atoms with van der Waals surface area (Å²) in [7, 11) is 0. The van der Waals surface area contributed by atoms with Crippen molar-refractivity contribution in [3.63, 3.8) is 0 Å². The predicted octanol–water partition coefficient (Wildman–Crippen LogP) is 4.79. The van der Waals surface area contributed by atoms with Crippen LogP contribution < -0.4 is 10.5 Å². The van der Waals surface area contributed by atoms with Crippen LogP contribution in [-0.2, 0) is 11.3 Å². The van der Waals surface area contributed by atoms with Crippen LogP contribution in [0.1, 0.15) is 33.8 Å². The Bertz CT molecular complexity index is 1330. The molecule has 34 heavy (non-hydrogen) atoms. The van der Waals surface area contributed by atoms with Crippen LogP contribution in [0.5, 0.6) is 5.75 Å². The summed E-state index contributed by atoms with van der Waals surface area (Å²) in [4.78, 5) is 20.2. The number of benzene rings is 1. The molecule has 9 heteroatoms. The lowest BCUT2D eigenvalue weighted by molar-refractivity contribution is 0.0342. The second-order valence-corrected chi connectivity index (χ2v) is 9.70. The third-order valence-electron chi connectivity index (χ3n) is 5.91. The number of amides is 1. The number of carbonyl (C=O) groups is 1. The average Bonchev–Trinajstić information content (AvgIpc) is 3.44. The fraction of sp³-hybridized carbons (Fsp3) is 0.280. The zero-order chi connectivity index (χ0) is 23.7. The average molecular weight is 497 g/mol. The van der Waals surface area contributed by atoms with Gasteiger partial charge in [-0.25, -0.2) is 4.98 Å². The molecule has 2 N–H and O–H groups in total. The van der Waals surface area contributed by atoms with E-state index in [9.17, 15) is 4.79 Å². The van der Waals surface area contributed by atoms with Crippen molar-refractivity contribution in [3.8, 4) is 16.3 Å². The number of ether oxygens (including phenoxy) is 2. The van der Waals surface area contributed by atoms with Crippen molar-refractivity contribution in [2.75, 3.05) is 26.3 Å². The van der Waals surface area contributed by atoms with Crippen molar-refractivity contribution in [3.05, 3.63) is 75.9 Å². The molecule has 5 rings (SSSR count). The Labute approximate surface area is 206 Å². The molecule has 1 atom stereocenters. The largest absolute Gasteiger partial charge is 0.484 e. The van der Waals surface area contributed by atoms with Crippen molar-refractivity contribution in [1.82, 2.24) is 14.3 Å². The van der Waals surface area contributed by atoms with Crippen LogP contribution in [0.2, 0.25) is 5.02 Å². The summed E-state index contributed by atoms with van der Waals surface area (Å²) < 4.78 is 13.6. The highest BCUT2D eigenvalue weighted by atomic mass is 35.5. The fourth-order valence-electron chi connectivity index (χ4n) is 4.14. The van der Waals surface area contributed by atoms with Gasteiger partial charge in [-0.3, -0.25) is 14.1 Å². The quantitative estimate of drug-likeness (QED) is 0.398. The van der Waals surface area contributed by atoms with Crippen LogP contribution in [0.15, 0.2) is 54.9 Å². The number of imidazole rings is 1. The smallest absolute Gasteiger partial charge is 0.262 e. The number of pyridine rings is 1. The number of halogens is 1. The Morgan fingerprint density at radius 3 is 2.85 bits per heavy atom. The van der Waals surface area contributed by atoms with Gasteiger partial charge in [-0.05, 0) is 30.7 Å². The van der Waals surface area contributed by atoms with Gasteiger partial charge in [-0.1, -0.05) is 29.8 Å². The molecule has 0 spiro atoms. The first kappa shape index (κ1) is 22.9. The van der Waals surface area contributed by atoms with Crippen LogP contribution in [0.3, 0.4) is 0 Å². The molecule has 1 aromatic carbocycles. The maximum absolute atomic E-state index is 12.2. The molecular weight excluding hydrogens is 472 g/mol. The van der Waals surface area contributed by atoms with Gasteiger partial charge in [0.15, 0.2) is 0 Å². The molecule has 1 unspecified atom stereocenters. The van der Waals surface area contributed by atoms with Crippen molar-refractivity contribution < 1.29 is 14.3 Å². The number of hydrogen-bond acceptors (Lipinski definition) is 6. The van der Waals surface area contributed by atoms with Crippen LogP contribution >= 0.6 is 22.9 Å². The van der Waals surface area contributed by atoms with Gasteiger partial charge in [-0.15, -0.1) is 11.3 Å². The van der Waals surface area contributed by atoms with Gasteiger partial charge in [-0.2, -0.15) is 0 Å². The minimum Gasteiger partial charge on any atom is -0.484 e. The Balaban J connectivity index is 1.38. The lowest BCUT2D eigenvalue weighted by atomic mass is 10.1. The molecule has 0 radical (unpaired) electrons. The van der Waals surface area contributed by atoms with Gasteiger partial charge in [0.05, 0.1) is 30.0 Å². The van der Waals surface area contributed by atoms with E-state index in [-0.39, 0.29) is 6.10 Å². The summed E-state index contributed by atoms with van der Waals surface area (Å²) in [5.41, 5.74) is 9.37. The van der Waals surface area contributed by atoms with E-state index in [1.165, 1.54) is 11.3 Å². The Kier molecular flexibility index (Phi) is 6.56. The molecule has 0 saturated carbocycles. The second kappa shape index (κ2) is 9.76. The van der Waals surface area contributed by atoms with Gasteiger partial charge >= 0.3 is 0 Å². The summed E-state index contributed by atoms with van der Waals surface area (Å²) in [5, 5.41) is 0.635. The maximum atomic E-state index is 12.2. The van der Waals surface area contributed by atoms with Gasteiger partial charge in [0.25, 0.3) is 5.91 Å². The van der Waals surface area contributed by atoms with Crippen LogP contribution in [0.25, 0.3) is 16.2 Å². The predicted molar refractivity (Wildman–Crippen MR) is 134 cm³/mol. The third kappa shape index (κ3) is 4.67. The number of morpholine rings is 1. The van der Waals surface area contributed by atoms with Crippen molar-refractivity contribution in [2.45, 2.75) is 19.6 Å². The molecule has 0 bridgehead atoms. The molecule has 4 heterocycles. The van der Waals surface area contributed by atoms with Gasteiger partial charge < -0.3 is 15.2 Å². The Morgan fingerprint density at radius 2 is 2.09 bits per heavy atom. The summed E-state index contributed by atoms with van der Waals surface area (Å²) >= 11 is 7.93. The molecule has 1 saturated heterocycles. The minimum absolute atomic E-state index is 0.368. The number of nitrogens with zero attached hydrogens (tertiary/aromatic N) is 3. The minimum atomic E-state index is -0.528. The SMILES string of the molecule is CC(Oc1cc(-c2cnc3ccccn23)sc1C(N)=O)c1ccc(CN2CCOCC2)cc1Cl. The summed E-state index contributed by atoms with van der Waals surface area (Å²) in [6.07, 6.45) is 3.35. The van der Waals surface area contributed by atoms with E-state index in [2.05, 4.69) is 16.0 Å². The standard InChI is InChI=1S/C25H25ClN4O3S/c1-16(18-6-5-17(12-19(18)26)15-29-8-10-32-11-9-29)33-21-13-22(34-24(21)25(27)31)20-14-28-23-4-2-3-7-30(20)23/h2-7,12-14,16H,8-11,15H2,1H3,(H2,27,31). The summed E-state index contributed by atoms with van der Waals surface area (Å²) in [6.45, 7) is 6.10. The first-order valence-electron chi connectivity index (χ1n) is 11.1. The van der Waals surface area contributed by atoms with E-state index in [1.54, 1.807) is 6.20 Å². The number of aromatic nitrogens is 2. The van der Waals surface area contributed by atoms with E-state index in [1.807, 2.05) is 53.9 Å². The van der Waals surface area contributed by atoms with E-state index < -0.39 is 5.91 Å². The zero-order valence-electron chi connectivity index (χ0n) is 18.7. The van der Waals surface area contributed by atoms with Gasteiger partial charge in [0.2, 0.25) is 0 Å². The topological polar surface area (TPSA) is 82.1 Å². The van der Waals surface area contributed by atoms with Gasteiger partial charge in [0.1, 0.15) is 22.4 Å². The molecule has 1 aliphatic rings. The van der Waals surface area contributed by atoms with E-state index in [0.717, 1.165) is 60.2 Å². The Hall–Kier alpha value is -2.91. The zero-order valence-corrected chi connectivity index (χ0v) is 20.3. The first-order valence-corrected chi connectivity index (χ1v) is 12.3. The molecule has 1 aliphatic heterocycles. The van der Waals surface area contributed by atoms with E-state index in [0.29, 0.717) is 15.6 Å². The molecule has 4 aromatic rings. The lowest BCUT2D eigenvalue weighted by Crippen LogP contribution is -2.35. The lowest BCUT2D eigenvalue weighted by Gasteiger charge is -2.27. The number of carbonyl (C=O) groups excluding carboxylic acids is 1. The van der Waals surface area contributed by atoms with Crippen LogP contribution in [0.4, 0.5) is 0 Å². The normalized spacial score (nSPS) is 15.5. The highest BCUT2D eigenvalue weighted by Crippen LogP contribution is 2.39. The maximum Gasteiger partial charge on any atom is 0.262 e. The van der Waals surface area contributed by atoms with Crippen molar-refractivity contribution >= 4 is 34.5 Å². The molecule has 7 nitrogen and oxygen atoms in total. The highest BCUT2D eigenvalue weighted by Gasteiger charge is 2.22. The van der Waals surface area contributed by atoms with E-state index in [4.69, 9.17) is 26.8 Å². The second-order valence-electron chi connectivity index (χ2n) is 8.25. The monoisotopic (exact) mass is 496 g/mol. The van der Waals surface area contributed by atoms with Crippen molar-refractivity contribution in [2.24, 2.45) is 5.73 Å². The molecule has 0 aliphatic carbocycles. The van der Waals surface area contributed by atoms with Crippen LogP contribution in [-0.4, -0.2) is 46.5 Å². The number of hydrogen-bond donors (Lipinski definition) is 1. The van der Waals surface area contributed by atoms with E-state index >= 15 is 0 Å². The summed E-state index contributed by atoms with van der Waals surface area (Å²) in [6, 6.07) is 13.7. The highest BCUT2D eigenvalue weighted by molar-refractivity contribution is 7.17. The number of primary amides is 1. The fourth-order valence-corrected chi connectivity index (χ4v) is 5.45. The third-order valence-corrected chi connectivity index (χ3v) is 7.39. The van der Waals surface area contributed by atoms with Crippen LogP contribution in [0, 0.1) is 0 Å².